The van der Waals surface area contributed by atoms with Gasteiger partial charge in [-0.15, -0.1) is 0 Å². The normalized spacial score (nSPS) is 30.4. The lowest BCUT2D eigenvalue weighted by atomic mass is 9.85. The van der Waals surface area contributed by atoms with E-state index in [2.05, 4.69) is 24.9 Å². The number of methoxy groups -OCH3 is 1. The van der Waals surface area contributed by atoms with E-state index < -0.39 is 0 Å². The zero-order valence-corrected chi connectivity index (χ0v) is 10.2. The minimum atomic E-state index is 0.0363. The fraction of sp³-hybridized carbons (Fsp3) is 0.615. The van der Waals surface area contributed by atoms with Crippen LogP contribution in [0.25, 0.3) is 0 Å². The molecule has 0 saturated carbocycles. The molecule has 0 aromatic heterocycles. The van der Waals surface area contributed by atoms with Gasteiger partial charge in [0.05, 0.1) is 6.10 Å². The molecule has 1 aliphatic heterocycles. The number of allylic oxidation sites excluding steroid dienone is 1. The minimum Gasteiger partial charge on any atom is -0.377 e. The number of rotatable bonds is 1. The Labute approximate surface area is 96.8 Å². The van der Waals surface area contributed by atoms with Crippen LogP contribution in [0.5, 0.6) is 0 Å². The van der Waals surface area contributed by atoms with E-state index in [1.165, 1.54) is 0 Å². The molecule has 0 aromatic carbocycles. The van der Waals surface area contributed by atoms with Crippen LogP contribution >= 0.6 is 0 Å². The Morgan fingerprint density at radius 3 is 2.94 bits per heavy atom. The Bertz CT molecular complexity index is 357. The second-order valence-corrected chi connectivity index (χ2v) is 4.60. The molecular formula is C13H19NO2. The van der Waals surface area contributed by atoms with Crippen molar-refractivity contribution in [2.75, 3.05) is 20.7 Å². The van der Waals surface area contributed by atoms with Gasteiger partial charge < -0.3 is 9.64 Å². The molecule has 3 heteroatoms. The van der Waals surface area contributed by atoms with E-state index in [9.17, 15) is 4.79 Å². The SMILES string of the molecule is COC1C=CC2=C(C(=O)CCCN2C)C1C. The highest BCUT2D eigenvalue weighted by Gasteiger charge is 2.31. The number of ketones is 1. The summed E-state index contributed by atoms with van der Waals surface area (Å²) in [5.74, 6) is 0.455. The molecule has 2 aliphatic rings. The summed E-state index contributed by atoms with van der Waals surface area (Å²) < 4.78 is 5.39. The van der Waals surface area contributed by atoms with E-state index in [0.717, 1.165) is 24.2 Å². The van der Waals surface area contributed by atoms with Crippen LogP contribution in [-0.4, -0.2) is 37.5 Å². The van der Waals surface area contributed by atoms with Gasteiger partial charge in [-0.3, -0.25) is 4.79 Å². The number of Topliss-reactive ketones (excluding diaryl/α,β-unsaturated/α-hetero) is 1. The van der Waals surface area contributed by atoms with E-state index in [-0.39, 0.29) is 12.0 Å². The van der Waals surface area contributed by atoms with Gasteiger partial charge in [-0.25, -0.2) is 0 Å². The number of likely N-dealkylation sites (N-methyl/N-ethyl adjacent to an activating group) is 1. The Kier molecular flexibility index (Phi) is 3.15. The average molecular weight is 221 g/mol. The largest absolute Gasteiger partial charge is 0.377 e. The molecule has 16 heavy (non-hydrogen) atoms. The lowest BCUT2D eigenvalue weighted by molar-refractivity contribution is -0.116. The van der Waals surface area contributed by atoms with Crippen LogP contribution in [0.4, 0.5) is 0 Å². The maximum Gasteiger partial charge on any atom is 0.161 e. The lowest BCUT2D eigenvalue weighted by Gasteiger charge is -2.30. The molecule has 0 aromatic rings. The molecule has 2 atom stereocenters. The van der Waals surface area contributed by atoms with Crippen molar-refractivity contribution in [3.63, 3.8) is 0 Å². The van der Waals surface area contributed by atoms with Crippen LogP contribution in [0, 0.1) is 5.92 Å². The van der Waals surface area contributed by atoms with Crippen LogP contribution < -0.4 is 0 Å². The first-order valence-electron chi connectivity index (χ1n) is 5.84. The van der Waals surface area contributed by atoms with Gasteiger partial charge in [-0.1, -0.05) is 13.0 Å². The first-order chi connectivity index (χ1) is 7.65. The van der Waals surface area contributed by atoms with Crippen LogP contribution in [0.3, 0.4) is 0 Å². The number of ether oxygens (including phenoxy) is 1. The maximum absolute atomic E-state index is 12.1. The molecule has 0 spiro atoms. The van der Waals surface area contributed by atoms with Gasteiger partial charge in [0.15, 0.2) is 5.78 Å². The Hall–Kier alpha value is -1.09. The van der Waals surface area contributed by atoms with E-state index in [0.29, 0.717) is 12.2 Å². The average Bonchev–Trinajstić information content (AvgIpc) is 2.40. The molecule has 0 bridgehead atoms. The highest BCUT2D eigenvalue weighted by Crippen LogP contribution is 2.32. The summed E-state index contributed by atoms with van der Waals surface area (Å²) in [5.41, 5.74) is 2.04. The molecule has 0 fully saturated rings. The third kappa shape index (κ3) is 1.80. The van der Waals surface area contributed by atoms with Crippen molar-refractivity contribution in [3.05, 3.63) is 23.4 Å². The van der Waals surface area contributed by atoms with Gasteiger partial charge in [-0.2, -0.15) is 0 Å². The predicted octanol–water partition coefficient (Wildman–Crippen LogP) is 1.76. The van der Waals surface area contributed by atoms with Crippen molar-refractivity contribution in [1.29, 1.82) is 0 Å². The Morgan fingerprint density at radius 2 is 2.25 bits per heavy atom. The third-order valence-electron chi connectivity index (χ3n) is 3.55. The minimum absolute atomic E-state index is 0.0363. The van der Waals surface area contributed by atoms with Gasteiger partial charge in [0.2, 0.25) is 0 Å². The smallest absolute Gasteiger partial charge is 0.161 e. The quantitative estimate of drug-likeness (QED) is 0.675. The van der Waals surface area contributed by atoms with Gasteiger partial charge in [0.1, 0.15) is 0 Å². The Balaban J connectivity index is 2.40. The molecule has 88 valence electrons. The van der Waals surface area contributed by atoms with Gasteiger partial charge in [-0.05, 0) is 12.5 Å². The first-order valence-corrected chi connectivity index (χ1v) is 5.84. The van der Waals surface area contributed by atoms with E-state index in [4.69, 9.17) is 4.74 Å². The number of hydrogen-bond donors (Lipinski definition) is 0. The number of nitrogens with zero attached hydrogens (tertiary/aromatic N) is 1. The van der Waals surface area contributed by atoms with E-state index in [1.807, 2.05) is 6.08 Å². The molecule has 0 saturated heterocycles. The van der Waals surface area contributed by atoms with Gasteiger partial charge in [0, 0.05) is 44.3 Å². The monoisotopic (exact) mass is 221 g/mol. The number of hydrogen-bond acceptors (Lipinski definition) is 3. The van der Waals surface area contributed by atoms with Crippen molar-refractivity contribution < 1.29 is 9.53 Å². The Morgan fingerprint density at radius 1 is 1.50 bits per heavy atom. The van der Waals surface area contributed by atoms with Crippen molar-refractivity contribution in [3.8, 4) is 0 Å². The van der Waals surface area contributed by atoms with Crippen molar-refractivity contribution in [2.24, 2.45) is 5.92 Å². The molecule has 0 radical (unpaired) electrons. The maximum atomic E-state index is 12.1. The van der Waals surface area contributed by atoms with Crippen LogP contribution in [-0.2, 0) is 9.53 Å². The molecule has 2 unspecified atom stereocenters. The number of carbonyl (C=O) groups excluding carboxylic acids is 1. The van der Waals surface area contributed by atoms with Crippen LogP contribution in [0.2, 0.25) is 0 Å². The first kappa shape index (κ1) is 11.4. The van der Waals surface area contributed by atoms with E-state index in [1.54, 1.807) is 7.11 Å². The standard InChI is InChI=1S/C13H19NO2/c1-9-12(16-3)7-6-10-13(9)11(15)5-4-8-14(10)2/h6-7,9,12H,4-5,8H2,1-3H3. The van der Waals surface area contributed by atoms with E-state index >= 15 is 0 Å². The van der Waals surface area contributed by atoms with Crippen LogP contribution in [0.15, 0.2) is 23.4 Å². The molecule has 0 N–H and O–H groups in total. The number of carbonyl (C=O) groups is 1. The zero-order chi connectivity index (χ0) is 11.7. The van der Waals surface area contributed by atoms with Crippen LogP contribution in [0.1, 0.15) is 19.8 Å². The predicted molar refractivity (Wildman–Crippen MR) is 63.0 cm³/mol. The fourth-order valence-electron chi connectivity index (χ4n) is 2.58. The van der Waals surface area contributed by atoms with Gasteiger partial charge in [0.25, 0.3) is 0 Å². The summed E-state index contributed by atoms with van der Waals surface area (Å²) in [6, 6.07) is 0. The third-order valence-corrected chi connectivity index (χ3v) is 3.55. The molecule has 2 rings (SSSR count). The summed E-state index contributed by atoms with van der Waals surface area (Å²) >= 11 is 0. The second-order valence-electron chi connectivity index (χ2n) is 4.60. The zero-order valence-electron chi connectivity index (χ0n) is 10.2. The van der Waals surface area contributed by atoms with Crippen molar-refractivity contribution in [1.82, 2.24) is 4.90 Å². The summed E-state index contributed by atoms with van der Waals surface area (Å²) in [5, 5.41) is 0. The molecule has 1 heterocycles. The molecular weight excluding hydrogens is 202 g/mol. The van der Waals surface area contributed by atoms with Gasteiger partial charge >= 0.3 is 0 Å². The molecule has 0 amide bonds. The lowest BCUT2D eigenvalue weighted by Crippen LogP contribution is -2.30. The fourth-order valence-corrected chi connectivity index (χ4v) is 2.58. The highest BCUT2D eigenvalue weighted by molar-refractivity contribution is 5.97. The summed E-state index contributed by atoms with van der Waals surface area (Å²) in [4.78, 5) is 14.3. The molecule has 1 aliphatic carbocycles. The molecule has 3 nitrogen and oxygen atoms in total. The second kappa shape index (κ2) is 4.42. The topological polar surface area (TPSA) is 29.5 Å². The van der Waals surface area contributed by atoms with Crippen molar-refractivity contribution >= 4 is 5.78 Å². The summed E-state index contributed by atoms with van der Waals surface area (Å²) in [7, 11) is 3.75. The highest BCUT2D eigenvalue weighted by atomic mass is 16.5. The van der Waals surface area contributed by atoms with Crippen molar-refractivity contribution in [2.45, 2.75) is 25.9 Å². The summed E-state index contributed by atoms with van der Waals surface area (Å²) in [6.45, 7) is 3.03. The summed E-state index contributed by atoms with van der Waals surface area (Å²) in [6.07, 6.45) is 5.73.